The maximum absolute atomic E-state index is 14.0. The van der Waals surface area contributed by atoms with E-state index in [0.717, 1.165) is 6.20 Å². The van der Waals surface area contributed by atoms with Crippen LogP contribution in [-0.2, 0) is 14.3 Å². The molecule has 0 aliphatic carbocycles. The molecule has 2 heterocycles. The predicted molar refractivity (Wildman–Crippen MR) is 62.0 cm³/mol. The van der Waals surface area contributed by atoms with Gasteiger partial charge in [0.2, 0.25) is 5.91 Å². The highest BCUT2D eigenvalue weighted by Gasteiger charge is 2.62. The minimum absolute atomic E-state index is 0.390. The van der Waals surface area contributed by atoms with Crippen molar-refractivity contribution in [1.82, 2.24) is 4.90 Å². The minimum Gasteiger partial charge on any atom is -0.393 e. The Morgan fingerprint density at radius 1 is 1.52 bits per heavy atom. The number of halogens is 4. The number of nitrogens with zero attached hydrogens (tertiary/aromatic N) is 1. The quantitative estimate of drug-likeness (QED) is 0.707. The Morgan fingerprint density at radius 2 is 2.14 bits per heavy atom. The van der Waals surface area contributed by atoms with E-state index < -0.39 is 60.3 Å². The zero-order chi connectivity index (χ0) is 15.9. The van der Waals surface area contributed by atoms with Crippen LogP contribution in [0.25, 0.3) is 0 Å². The Balaban J connectivity index is 2.34. The van der Waals surface area contributed by atoms with Crippen molar-refractivity contribution in [3.05, 3.63) is 11.2 Å². The van der Waals surface area contributed by atoms with Crippen LogP contribution in [0, 0.1) is 0 Å². The molecule has 10 heteroatoms. The number of hydrogen-bond donors (Lipinski definition) is 2. The summed E-state index contributed by atoms with van der Waals surface area (Å²) in [7, 11) is 0. The van der Waals surface area contributed by atoms with Crippen LogP contribution in [0.15, 0.2) is 11.2 Å². The highest BCUT2D eigenvalue weighted by molar-refractivity contribution is 6.44. The molecule has 4 atom stereocenters. The first-order valence-corrected chi connectivity index (χ1v) is 6.23. The van der Waals surface area contributed by atoms with Gasteiger partial charge in [0.15, 0.2) is 23.8 Å². The number of carbonyl (C=O) groups is 2. The van der Waals surface area contributed by atoms with Crippen molar-refractivity contribution in [1.29, 1.82) is 0 Å². The molecule has 1 saturated heterocycles. The van der Waals surface area contributed by atoms with Gasteiger partial charge in [0.1, 0.15) is 11.1 Å². The van der Waals surface area contributed by atoms with Crippen molar-refractivity contribution < 1.29 is 37.7 Å². The number of hydrogen-bond acceptors (Lipinski definition) is 5. The van der Waals surface area contributed by atoms with Crippen LogP contribution in [0.1, 0.15) is 6.42 Å². The van der Waals surface area contributed by atoms with Crippen LogP contribution in [-0.4, -0.2) is 63.9 Å². The van der Waals surface area contributed by atoms with Gasteiger partial charge in [-0.2, -0.15) is 0 Å². The number of alkyl halides is 3. The van der Waals surface area contributed by atoms with Gasteiger partial charge in [-0.15, -0.1) is 0 Å². The first kappa shape index (κ1) is 16.2. The molecule has 1 amide bonds. The summed E-state index contributed by atoms with van der Waals surface area (Å²) in [6.45, 7) is -1.35. The first-order chi connectivity index (χ1) is 9.74. The Bertz CT molecular complexity index is 502. The van der Waals surface area contributed by atoms with E-state index in [0.29, 0.717) is 4.90 Å². The molecule has 2 aliphatic rings. The van der Waals surface area contributed by atoms with Crippen LogP contribution in [0.4, 0.5) is 13.2 Å². The van der Waals surface area contributed by atoms with Gasteiger partial charge in [-0.3, -0.25) is 14.5 Å². The Hall–Kier alpha value is -1.16. The Morgan fingerprint density at radius 3 is 2.62 bits per heavy atom. The van der Waals surface area contributed by atoms with Crippen molar-refractivity contribution >= 4 is 23.3 Å². The van der Waals surface area contributed by atoms with E-state index in [1.54, 1.807) is 0 Å². The average Bonchev–Trinajstić information content (AvgIpc) is 2.68. The van der Waals surface area contributed by atoms with Crippen LogP contribution in [0.5, 0.6) is 0 Å². The number of Topliss-reactive ketones (excluding diaryl/α,β-unsaturated/α-hetero) is 1. The lowest BCUT2D eigenvalue weighted by Gasteiger charge is -2.31. The van der Waals surface area contributed by atoms with E-state index in [1.807, 2.05) is 0 Å². The summed E-state index contributed by atoms with van der Waals surface area (Å²) in [5.74, 6) is -1.61. The Labute approximate surface area is 121 Å². The van der Waals surface area contributed by atoms with Crippen molar-refractivity contribution in [3.63, 3.8) is 0 Å². The fraction of sp³-hybridized carbons (Fsp3) is 0.636. The number of rotatable bonds is 3. The largest absolute Gasteiger partial charge is 0.393 e. The fourth-order valence-corrected chi connectivity index (χ4v) is 2.34. The zero-order valence-corrected chi connectivity index (χ0v) is 11.1. The van der Waals surface area contributed by atoms with Crippen LogP contribution < -0.4 is 0 Å². The highest BCUT2D eigenvalue weighted by Crippen LogP contribution is 2.40. The molecule has 21 heavy (non-hydrogen) atoms. The molecule has 2 N–H and O–H groups in total. The second-order valence-corrected chi connectivity index (χ2v) is 5.10. The highest BCUT2D eigenvalue weighted by atomic mass is 35.5. The number of allylic oxidation sites excluding steroid dienone is 1. The first-order valence-electron chi connectivity index (χ1n) is 5.85. The van der Waals surface area contributed by atoms with Gasteiger partial charge in [-0.05, 0) is 0 Å². The number of aliphatic hydroxyl groups is 2. The van der Waals surface area contributed by atoms with Gasteiger partial charge in [-0.1, -0.05) is 11.6 Å². The van der Waals surface area contributed by atoms with Crippen molar-refractivity contribution in [2.24, 2.45) is 0 Å². The van der Waals surface area contributed by atoms with Gasteiger partial charge in [-0.25, -0.2) is 13.2 Å². The van der Waals surface area contributed by atoms with E-state index in [9.17, 15) is 27.9 Å². The van der Waals surface area contributed by atoms with Gasteiger partial charge in [0, 0.05) is 6.20 Å². The third-order valence-electron chi connectivity index (χ3n) is 3.42. The maximum atomic E-state index is 14.0. The summed E-state index contributed by atoms with van der Waals surface area (Å²) in [6, 6.07) is 0. The summed E-state index contributed by atoms with van der Waals surface area (Å²) in [6.07, 6.45) is -9.94. The van der Waals surface area contributed by atoms with Crippen molar-refractivity contribution in [2.45, 2.75) is 37.0 Å². The Kier molecular flexibility index (Phi) is 4.29. The number of ketones is 1. The predicted octanol–water partition coefficient (Wildman–Crippen LogP) is -0.0805. The van der Waals surface area contributed by atoms with Crippen LogP contribution in [0.3, 0.4) is 0 Å². The molecule has 0 radical (unpaired) electrons. The van der Waals surface area contributed by atoms with Gasteiger partial charge >= 0.3 is 0 Å². The second kappa shape index (κ2) is 5.56. The molecule has 0 aromatic carbocycles. The molecule has 2 aliphatic heterocycles. The summed E-state index contributed by atoms with van der Waals surface area (Å²) in [5, 5.41) is 18.2. The third kappa shape index (κ3) is 2.44. The van der Waals surface area contributed by atoms with Gasteiger partial charge in [0.05, 0.1) is 13.0 Å². The normalized spacial score (nSPS) is 37.4. The number of aliphatic hydroxyl groups excluding tert-OH is 2. The minimum atomic E-state index is -3.39. The van der Waals surface area contributed by atoms with E-state index >= 15 is 0 Å². The summed E-state index contributed by atoms with van der Waals surface area (Å²) < 4.78 is 44.7. The molecular weight excluding hydrogens is 319 g/mol. The number of carbonyl (C=O) groups excluding carboxylic acids is 2. The topological polar surface area (TPSA) is 87.1 Å². The molecule has 0 unspecified atom stereocenters. The van der Waals surface area contributed by atoms with Crippen molar-refractivity contribution in [3.8, 4) is 0 Å². The lowest BCUT2D eigenvalue weighted by atomic mass is 9.97. The summed E-state index contributed by atoms with van der Waals surface area (Å²) >= 11 is 5.54. The van der Waals surface area contributed by atoms with Gasteiger partial charge < -0.3 is 14.9 Å². The van der Waals surface area contributed by atoms with E-state index in [1.165, 1.54) is 0 Å². The fourth-order valence-electron chi connectivity index (χ4n) is 2.17. The molecule has 0 spiro atoms. The molecule has 6 nitrogen and oxygen atoms in total. The van der Waals surface area contributed by atoms with E-state index in [-0.39, 0.29) is 0 Å². The molecule has 2 rings (SSSR count). The molecule has 118 valence electrons. The summed E-state index contributed by atoms with van der Waals surface area (Å²) in [5.41, 5.74) is -2.84. The SMILES string of the molecule is O=C1CC(=O)N([C@@H]2O[C@@](CO)(C(F)F)[C@@H](O)[C@@H]2F)C=C1Cl. The lowest BCUT2D eigenvalue weighted by molar-refractivity contribution is -0.202. The van der Waals surface area contributed by atoms with Crippen molar-refractivity contribution in [2.75, 3.05) is 6.61 Å². The molecule has 0 saturated carbocycles. The average molecular weight is 330 g/mol. The van der Waals surface area contributed by atoms with Gasteiger partial charge in [0.25, 0.3) is 6.43 Å². The molecule has 0 aromatic rings. The van der Waals surface area contributed by atoms with E-state index in [4.69, 9.17) is 21.4 Å². The third-order valence-corrected chi connectivity index (χ3v) is 3.73. The number of amides is 1. The van der Waals surface area contributed by atoms with Crippen LogP contribution in [0.2, 0.25) is 0 Å². The molecular formula is C11H11ClF3NO5. The lowest BCUT2D eigenvalue weighted by Crippen LogP contribution is -2.51. The monoisotopic (exact) mass is 329 g/mol. The zero-order valence-electron chi connectivity index (χ0n) is 10.4. The van der Waals surface area contributed by atoms with Crippen LogP contribution >= 0.6 is 11.6 Å². The molecule has 0 aromatic heterocycles. The summed E-state index contributed by atoms with van der Waals surface area (Å²) in [4.78, 5) is 23.4. The number of ether oxygens (including phenoxy) is 1. The van der Waals surface area contributed by atoms with E-state index in [2.05, 4.69) is 0 Å². The standard InChI is InChI=1S/C11H11ClF3NO5/c12-4-2-16(6(19)1-5(4)18)9-7(13)8(20)11(3-17,21-9)10(14)15/h2,7-10,17,20H,1,3H2/t7-,8-,9+,11+/m0/s1. The molecule has 1 fully saturated rings. The molecule has 0 bridgehead atoms. The maximum Gasteiger partial charge on any atom is 0.272 e. The second-order valence-electron chi connectivity index (χ2n) is 4.69. The smallest absolute Gasteiger partial charge is 0.272 e.